The number of nitrogens with one attached hydrogen (secondary N) is 1. The summed E-state index contributed by atoms with van der Waals surface area (Å²) in [6.07, 6.45) is 2.58. The highest BCUT2D eigenvalue weighted by atomic mass is 32.2. The zero-order chi connectivity index (χ0) is 19.4. The van der Waals surface area contributed by atoms with Crippen molar-refractivity contribution in [3.05, 3.63) is 65.2 Å². The first kappa shape index (κ1) is 19.6. The molecule has 1 saturated heterocycles. The summed E-state index contributed by atoms with van der Waals surface area (Å²) >= 11 is 0. The Morgan fingerprint density at radius 2 is 1.70 bits per heavy atom. The van der Waals surface area contributed by atoms with Crippen LogP contribution in [0.1, 0.15) is 53.7 Å². The summed E-state index contributed by atoms with van der Waals surface area (Å²) in [5.41, 5.74) is 2.70. The van der Waals surface area contributed by atoms with Crippen molar-refractivity contribution in [2.75, 3.05) is 13.1 Å². The highest BCUT2D eigenvalue weighted by Gasteiger charge is 2.27. The third-order valence-electron chi connectivity index (χ3n) is 5.10. The fourth-order valence-corrected chi connectivity index (χ4v) is 4.99. The molecule has 0 spiro atoms. The number of amides is 1. The van der Waals surface area contributed by atoms with Crippen LogP contribution in [0.3, 0.4) is 0 Å². The fraction of sp³-hybridized carbons (Fsp3) is 0.381. The summed E-state index contributed by atoms with van der Waals surface area (Å²) in [5.74, 6) is -0.199. The van der Waals surface area contributed by atoms with E-state index in [9.17, 15) is 13.2 Å². The molecule has 0 radical (unpaired) electrons. The van der Waals surface area contributed by atoms with E-state index in [-0.39, 0.29) is 16.8 Å². The molecule has 2 aromatic rings. The molecule has 1 heterocycles. The molecule has 1 aliphatic rings. The molecule has 0 unspecified atom stereocenters. The Labute approximate surface area is 161 Å². The largest absolute Gasteiger partial charge is 0.345 e. The van der Waals surface area contributed by atoms with Gasteiger partial charge in [-0.2, -0.15) is 4.31 Å². The van der Waals surface area contributed by atoms with E-state index in [1.54, 1.807) is 12.1 Å². The molecule has 6 heteroatoms. The van der Waals surface area contributed by atoms with E-state index in [0.717, 1.165) is 30.4 Å². The number of rotatable bonds is 6. The van der Waals surface area contributed by atoms with E-state index in [0.29, 0.717) is 18.7 Å². The first-order valence-corrected chi connectivity index (χ1v) is 10.8. The number of sulfonamides is 1. The molecule has 0 saturated carbocycles. The lowest BCUT2D eigenvalue weighted by molar-refractivity contribution is 0.0935. The molecular weight excluding hydrogens is 360 g/mol. The van der Waals surface area contributed by atoms with Gasteiger partial charge in [0.15, 0.2) is 0 Å². The molecule has 27 heavy (non-hydrogen) atoms. The van der Waals surface area contributed by atoms with Crippen molar-refractivity contribution in [2.24, 2.45) is 0 Å². The molecule has 1 atom stereocenters. The number of nitrogens with zero attached hydrogens (tertiary/aromatic N) is 1. The number of hydrogen-bond acceptors (Lipinski definition) is 3. The maximum atomic E-state index is 12.6. The maximum Gasteiger partial charge on any atom is 0.251 e. The number of aryl methyl sites for hydroxylation is 1. The van der Waals surface area contributed by atoms with Crippen molar-refractivity contribution in [1.29, 1.82) is 0 Å². The molecule has 0 aromatic heterocycles. The zero-order valence-electron chi connectivity index (χ0n) is 15.8. The van der Waals surface area contributed by atoms with Crippen LogP contribution in [0.5, 0.6) is 0 Å². The number of carbonyl (C=O) groups excluding carboxylic acids is 1. The molecule has 1 aliphatic heterocycles. The minimum Gasteiger partial charge on any atom is -0.345 e. The highest BCUT2D eigenvalue weighted by Crippen LogP contribution is 2.23. The molecule has 144 valence electrons. The predicted molar refractivity (Wildman–Crippen MR) is 106 cm³/mol. The van der Waals surface area contributed by atoms with Crippen LogP contribution in [0.15, 0.2) is 53.4 Å². The average molecular weight is 387 g/mol. The van der Waals surface area contributed by atoms with E-state index in [4.69, 9.17) is 0 Å². The van der Waals surface area contributed by atoms with Gasteiger partial charge in [-0.3, -0.25) is 4.79 Å². The highest BCUT2D eigenvalue weighted by molar-refractivity contribution is 7.89. The van der Waals surface area contributed by atoms with Crippen molar-refractivity contribution in [1.82, 2.24) is 9.62 Å². The summed E-state index contributed by atoms with van der Waals surface area (Å²) in [6.45, 7) is 5.20. The molecule has 1 N–H and O–H groups in total. The van der Waals surface area contributed by atoms with Crippen LogP contribution >= 0.6 is 0 Å². The fourth-order valence-electron chi connectivity index (χ4n) is 3.47. The third kappa shape index (κ3) is 4.22. The number of carbonyl (C=O) groups is 1. The SMILES string of the molecule is CC[C@@H](NC(=O)c1ccc(S(=O)(=O)N2CCCC2)cc1)c1ccccc1C. The maximum absolute atomic E-state index is 12.6. The molecular formula is C21H26N2O3S. The first-order valence-electron chi connectivity index (χ1n) is 9.40. The van der Waals surface area contributed by atoms with E-state index in [1.165, 1.54) is 16.4 Å². The summed E-state index contributed by atoms with van der Waals surface area (Å²) in [5, 5.41) is 3.05. The van der Waals surface area contributed by atoms with Gasteiger partial charge in [-0.25, -0.2) is 8.42 Å². The second-order valence-corrected chi connectivity index (χ2v) is 8.86. The average Bonchev–Trinajstić information content (AvgIpc) is 3.22. The van der Waals surface area contributed by atoms with Crippen LogP contribution in [0.2, 0.25) is 0 Å². The van der Waals surface area contributed by atoms with Crippen LogP contribution in [0.25, 0.3) is 0 Å². The third-order valence-corrected chi connectivity index (χ3v) is 7.01. The van der Waals surface area contributed by atoms with Crippen LogP contribution in [-0.4, -0.2) is 31.7 Å². The monoisotopic (exact) mass is 386 g/mol. The van der Waals surface area contributed by atoms with Crippen LogP contribution < -0.4 is 5.32 Å². The zero-order valence-corrected chi connectivity index (χ0v) is 16.6. The van der Waals surface area contributed by atoms with Gasteiger partial charge in [0, 0.05) is 18.7 Å². The van der Waals surface area contributed by atoms with Gasteiger partial charge in [-0.1, -0.05) is 31.2 Å². The van der Waals surface area contributed by atoms with E-state index >= 15 is 0 Å². The van der Waals surface area contributed by atoms with Crippen molar-refractivity contribution in [3.63, 3.8) is 0 Å². The Morgan fingerprint density at radius 3 is 2.30 bits per heavy atom. The number of hydrogen-bond donors (Lipinski definition) is 1. The Bertz CT molecular complexity index is 901. The van der Waals surface area contributed by atoms with Crippen molar-refractivity contribution < 1.29 is 13.2 Å². The topological polar surface area (TPSA) is 66.5 Å². The van der Waals surface area contributed by atoms with Crippen molar-refractivity contribution in [3.8, 4) is 0 Å². The van der Waals surface area contributed by atoms with Gasteiger partial charge >= 0.3 is 0 Å². The van der Waals surface area contributed by atoms with Crippen LogP contribution in [0.4, 0.5) is 0 Å². The van der Waals surface area contributed by atoms with E-state index in [1.807, 2.05) is 38.1 Å². The standard InChI is InChI=1S/C21H26N2O3S/c1-3-20(19-9-5-4-8-16(19)2)22-21(24)17-10-12-18(13-11-17)27(25,26)23-14-6-7-15-23/h4-5,8-13,20H,3,6-7,14-15H2,1-2H3,(H,22,24)/t20-/m1/s1. The molecule has 5 nitrogen and oxygen atoms in total. The Balaban J connectivity index is 1.75. The van der Waals surface area contributed by atoms with Crippen LogP contribution in [0, 0.1) is 6.92 Å². The molecule has 2 aromatic carbocycles. The molecule has 3 rings (SSSR count). The minimum absolute atomic E-state index is 0.0771. The molecule has 1 fully saturated rings. The van der Waals surface area contributed by atoms with E-state index < -0.39 is 10.0 Å². The van der Waals surface area contributed by atoms with Gasteiger partial charge in [0.25, 0.3) is 5.91 Å². The second-order valence-electron chi connectivity index (χ2n) is 6.93. The normalized spacial score (nSPS) is 16.2. The lowest BCUT2D eigenvalue weighted by atomic mass is 9.99. The van der Waals surface area contributed by atoms with E-state index in [2.05, 4.69) is 5.32 Å². The van der Waals surface area contributed by atoms with Crippen LogP contribution in [-0.2, 0) is 10.0 Å². The second kappa shape index (κ2) is 8.23. The lowest BCUT2D eigenvalue weighted by Crippen LogP contribution is -2.29. The van der Waals surface area contributed by atoms with Gasteiger partial charge < -0.3 is 5.32 Å². The van der Waals surface area contributed by atoms with Gasteiger partial charge in [0.05, 0.1) is 10.9 Å². The van der Waals surface area contributed by atoms with Gasteiger partial charge in [0.2, 0.25) is 10.0 Å². The quantitative estimate of drug-likeness (QED) is 0.824. The minimum atomic E-state index is -3.46. The summed E-state index contributed by atoms with van der Waals surface area (Å²) < 4.78 is 26.7. The van der Waals surface area contributed by atoms with Gasteiger partial charge in [-0.05, 0) is 61.6 Å². The summed E-state index contributed by atoms with van der Waals surface area (Å²) in [4.78, 5) is 12.9. The summed E-state index contributed by atoms with van der Waals surface area (Å²) in [6, 6.07) is 14.1. The lowest BCUT2D eigenvalue weighted by Gasteiger charge is -2.20. The summed E-state index contributed by atoms with van der Waals surface area (Å²) in [7, 11) is -3.46. The Hall–Kier alpha value is -2.18. The number of benzene rings is 2. The smallest absolute Gasteiger partial charge is 0.251 e. The first-order chi connectivity index (χ1) is 12.9. The molecule has 0 aliphatic carbocycles. The van der Waals surface area contributed by atoms with Crippen molar-refractivity contribution in [2.45, 2.75) is 44.0 Å². The Kier molecular flexibility index (Phi) is 5.97. The van der Waals surface area contributed by atoms with Gasteiger partial charge in [-0.15, -0.1) is 0 Å². The Morgan fingerprint density at radius 1 is 1.07 bits per heavy atom. The molecule has 0 bridgehead atoms. The van der Waals surface area contributed by atoms with Crippen molar-refractivity contribution >= 4 is 15.9 Å². The van der Waals surface area contributed by atoms with Gasteiger partial charge in [0.1, 0.15) is 0 Å². The predicted octanol–water partition coefficient (Wildman–Crippen LogP) is 3.66. The molecule has 1 amide bonds.